The molecule has 0 saturated heterocycles. The van der Waals surface area contributed by atoms with Crippen molar-refractivity contribution in [3.63, 3.8) is 0 Å². The molecule has 0 amide bonds. The van der Waals surface area contributed by atoms with Crippen LogP contribution in [-0.4, -0.2) is 4.92 Å². The van der Waals surface area contributed by atoms with Crippen LogP contribution < -0.4 is 10.1 Å². The van der Waals surface area contributed by atoms with Gasteiger partial charge in [0.1, 0.15) is 12.4 Å². The molecule has 0 bridgehead atoms. The van der Waals surface area contributed by atoms with Gasteiger partial charge in [0.2, 0.25) is 0 Å². The maximum Gasteiger partial charge on any atom is 0.269 e. The first-order valence-corrected chi connectivity index (χ1v) is 10.6. The monoisotopic (exact) mass is 538 g/mol. The Bertz CT molecular complexity index is 1040. The van der Waals surface area contributed by atoms with Gasteiger partial charge in [0, 0.05) is 39.4 Å². The largest absolute Gasteiger partial charge is 0.487 e. The number of benzene rings is 3. The molecule has 0 aliphatic heterocycles. The van der Waals surface area contributed by atoms with Crippen molar-refractivity contribution in [1.29, 1.82) is 0 Å². The molecule has 29 heavy (non-hydrogen) atoms. The smallest absolute Gasteiger partial charge is 0.269 e. The minimum atomic E-state index is -0.419. The molecule has 0 aliphatic rings. The minimum Gasteiger partial charge on any atom is -0.487 e. The molecule has 8 heteroatoms. The van der Waals surface area contributed by atoms with Crippen molar-refractivity contribution in [1.82, 2.24) is 0 Å². The number of nitrogens with one attached hydrogen (secondary N) is 1. The first kappa shape index (κ1) is 21.6. The summed E-state index contributed by atoms with van der Waals surface area (Å²) in [5.74, 6) is 0.707. The zero-order chi connectivity index (χ0) is 21.0. The molecule has 0 aliphatic carbocycles. The standard InChI is InChI=1S/C21H17Br2ClN2O3/c1-13-2-5-17(24)10-20(13)25-11-15-8-16(22)9-19(23)21(15)29-12-14-3-6-18(7-4-14)26(27)28/h2-10,25H,11-12H2,1H3. The quantitative estimate of drug-likeness (QED) is 0.253. The van der Waals surface area contributed by atoms with E-state index in [9.17, 15) is 10.1 Å². The lowest BCUT2D eigenvalue weighted by Crippen LogP contribution is -2.05. The van der Waals surface area contributed by atoms with Crippen LogP contribution in [0.15, 0.2) is 63.5 Å². The predicted octanol–water partition coefficient (Wildman–Crippen LogP) is 7.27. The molecule has 0 aromatic heterocycles. The zero-order valence-electron chi connectivity index (χ0n) is 15.4. The Morgan fingerprint density at radius 2 is 1.83 bits per heavy atom. The highest BCUT2D eigenvalue weighted by Gasteiger charge is 2.12. The van der Waals surface area contributed by atoms with Gasteiger partial charge in [0.25, 0.3) is 5.69 Å². The molecule has 150 valence electrons. The van der Waals surface area contributed by atoms with Gasteiger partial charge in [-0.1, -0.05) is 33.6 Å². The maximum absolute atomic E-state index is 10.8. The number of anilines is 1. The average Bonchev–Trinajstić information content (AvgIpc) is 2.68. The van der Waals surface area contributed by atoms with Crippen LogP contribution in [0.1, 0.15) is 16.7 Å². The van der Waals surface area contributed by atoms with E-state index in [4.69, 9.17) is 16.3 Å². The summed E-state index contributed by atoms with van der Waals surface area (Å²) in [6.07, 6.45) is 0. The number of nitrogens with zero attached hydrogens (tertiary/aromatic N) is 1. The third kappa shape index (κ3) is 5.72. The Labute approximate surface area is 190 Å². The van der Waals surface area contributed by atoms with Crippen LogP contribution in [0.25, 0.3) is 0 Å². The minimum absolute atomic E-state index is 0.0559. The Morgan fingerprint density at radius 1 is 1.10 bits per heavy atom. The van der Waals surface area contributed by atoms with Crippen molar-refractivity contribution >= 4 is 54.8 Å². The third-order valence-corrected chi connectivity index (χ3v) is 5.57. The van der Waals surface area contributed by atoms with Gasteiger partial charge in [0.15, 0.2) is 0 Å². The summed E-state index contributed by atoms with van der Waals surface area (Å²) in [4.78, 5) is 10.4. The first-order chi connectivity index (χ1) is 13.8. The molecule has 5 nitrogen and oxygen atoms in total. The molecule has 0 spiro atoms. The molecule has 0 radical (unpaired) electrons. The van der Waals surface area contributed by atoms with Gasteiger partial charge >= 0.3 is 0 Å². The normalized spacial score (nSPS) is 10.6. The lowest BCUT2D eigenvalue weighted by atomic mass is 10.1. The highest BCUT2D eigenvalue weighted by atomic mass is 79.9. The van der Waals surface area contributed by atoms with E-state index in [1.54, 1.807) is 12.1 Å². The number of hydrogen-bond donors (Lipinski definition) is 1. The van der Waals surface area contributed by atoms with Crippen LogP contribution in [0.2, 0.25) is 5.02 Å². The van der Waals surface area contributed by atoms with Crippen molar-refractivity contribution in [2.24, 2.45) is 0 Å². The molecular weight excluding hydrogens is 524 g/mol. The predicted molar refractivity (Wildman–Crippen MR) is 123 cm³/mol. The summed E-state index contributed by atoms with van der Waals surface area (Å²) >= 11 is 13.2. The van der Waals surface area contributed by atoms with Gasteiger partial charge in [-0.05, 0) is 70.4 Å². The second-order valence-electron chi connectivity index (χ2n) is 6.40. The number of rotatable bonds is 7. The van der Waals surface area contributed by atoms with Crippen LogP contribution in [0.4, 0.5) is 11.4 Å². The molecule has 3 aromatic carbocycles. The summed E-state index contributed by atoms with van der Waals surface area (Å²) in [5.41, 5.74) is 3.90. The molecule has 3 aromatic rings. The number of ether oxygens (including phenoxy) is 1. The first-order valence-electron chi connectivity index (χ1n) is 8.67. The van der Waals surface area contributed by atoms with Gasteiger partial charge < -0.3 is 10.1 Å². The molecular formula is C21H17Br2ClN2O3. The third-order valence-electron chi connectivity index (χ3n) is 4.28. The van der Waals surface area contributed by atoms with Crippen LogP contribution in [-0.2, 0) is 13.2 Å². The highest BCUT2D eigenvalue weighted by molar-refractivity contribution is 9.11. The van der Waals surface area contributed by atoms with Crippen molar-refractivity contribution in [3.05, 3.63) is 95.4 Å². The van der Waals surface area contributed by atoms with Gasteiger partial charge in [0.05, 0.1) is 9.40 Å². The molecule has 0 saturated carbocycles. The zero-order valence-corrected chi connectivity index (χ0v) is 19.3. The lowest BCUT2D eigenvalue weighted by Gasteiger charge is -2.16. The van der Waals surface area contributed by atoms with Gasteiger partial charge in [-0.25, -0.2) is 0 Å². The van der Waals surface area contributed by atoms with Crippen molar-refractivity contribution in [2.45, 2.75) is 20.1 Å². The second kappa shape index (κ2) is 9.61. The second-order valence-corrected chi connectivity index (χ2v) is 8.61. The van der Waals surface area contributed by atoms with Crippen LogP contribution in [0, 0.1) is 17.0 Å². The van der Waals surface area contributed by atoms with Gasteiger partial charge in [-0.15, -0.1) is 0 Å². The molecule has 0 heterocycles. The molecule has 1 N–H and O–H groups in total. The van der Waals surface area contributed by atoms with E-state index in [0.29, 0.717) is 23.9 Å². The Morgan fingerprint density at radius 3 is 2.52 bits per heavy atom. The van der Waals surface area contributed by atoms with Gasteiger partial charge in [-0.2, -0.15) is 0 Å². The highest BCUT2D eigenvalue weighted by Crippen LogP contribution is 2.34. The Hall–Kier alpha value is -2.09. The summed E-state index contributed by atoms with van der Waals surface area (Å²) in [5, 5.41) is 14.9. The van der Waals surface area contributed by atoms with Gasteiger partial charge in [-0.3, -0.25) is 10.1 Å². The van der Waals surface area contributed by atoms with E-state index >= 15 is 0 Å². The van der Waals surface area contributed by atoms with E-state index in [2.05, 4.69) is 37.2 Å². The molecule has 0 unspecified atom stereocenters. The van der Waals surface area contributed by atoms with E-state index in [-0.39, 0.29) is 5.69 Å². The van der Waals surface area contributed by atoms with Crippen molar-refractivity contribution in [3.8, 4) is 5.75 Å². The number of halogens is 3. The van der Waals surface area contributed by atoms with Crippen LogP contribution in [0.5, 0.6) is 5.75 Å². The number of hydrogen-bond acceptors (Lipinski definition) is 4. The molecule has 0 fully saturated rings. The fourth-order valence-electron chi connectivity index (χ4n) is 2.75. The average molecular weight is 541 g/mol. The van der Waals surface area contributed by atoms with Crippen LogP contribution in [0.3, 0.4) is 0 Å². The fourth-order valence-corrected chi connectivity index (χ4v) is 4.35. The van der Waals surface area contributed by atoms with E-state index < -0.39 is 4.92 Å². The number of nitro benzene ring substituents is 1. The SMILES string of the molecule is Cc1ccc(Cl)cc1NCc1cc(Br)cc(Br)c1OCc1ccc([N+](=O)[O-])cc1. The summed E-state index contributed by atoms with van der Waals surface area (Å²) in [6.45, 7) is 2.84. The maximum atomic E-state index is 10.8. The number of nitro groups is 1. The summed E-state index contributed by atoms with van der Waals surface area (Å²) < 4.78 is 7.78. The van der Waals surface area contributed by atoms with E-state index in [0.717, 1.165) is 31.3 Å². The van der Waals surface area contributed by atoms with Crippen molar-refractivity contribution in [2.75, 3.05) is 5.32 Å². The molecule has 0 atom stereocenters. The topological polar surface area (TPSA) is 64.4 Å². The molecule has 3 rings (SSSR count). The lowest BCUT2D eigenvalue weighted by molar-refractivity contribution is -0.384. The fraction of sp³-hybridized carbons (Fsp3) is 0.143. The number of aryl methyl sites for hydroxylation is 1. The van der Waals surface area contributed by atoms with E-state index in [1.165, 1.54) is 12.1 Å². The van der Waals surface area contributed by atoms with Crippen molar-refractivity contribution < 1.29 is 9.66 Å². The Kier molecular flexibility index (Phi) is 7.16. The van der Waals surface area contributed by atoms with E-state index in [1.807, 2.05) is 37.3 Å². The summed E-state index contributed by atoms with van der Waals surface area (Å²) in [6, 6.07) is 15.9. The van der Waals surface area contributed by atoms with Crippen LogP contribution >= 0.6 is 43.5 Å². The number of non-ortho nitro benzene ring substituents is 1. The Balaban J connectivity index is 1.77. The summed E-state index contributed by atoms with van der Waals surface area (Å²) in [7, 11) is 0.